The third kappa shape index (κ3) is 4.82. The monoisotopic (exact) mass is 347 g/mol. The third-order valence-electron chi connectivity index (χ3n) is 3.25. The highest BCUT2D eigenvalue weighted by atomic mass is 32.2. The number of hydrogen-bond donors (Lipinski definition) is 1. The third-order valence-corrected chi connectivity index (χ3v) is 4.79. The smallest absolute Gasteiger partial charge is 0.241 e. The van der Waals surface area contributed by atoms with Gasteiger partial charge in [0.25, 0.3) is 0 Å². The van der Waals surface area contributed by atoms with Crippen LogP contribution in [0.4, 0.5) is 4.39 Å². The summed E-state index contributed by atoms with van der Waals surface area (Å²) in [5, 5.41) is 0. The van der Waals surface area contributed by atoms with Gasteiger partial charge in [-0.15, -0.1) is 0 Å². The topological polar surface area (TPSA) is 55.4 Å². The van der Waals surface area contributed by atoms with Gasteiger partial charge in [-0.2, -0.15) is 4.72 Å². The molecule has 0 spiro atoms. The molecule has 24 heavy (non-hydrogen) atoms. The first-order valence-electron chi connectivity index (χ1n) is 7.30. The Morgan fingerprint density at radius 1 is 1.12 bits per heavy atom. The summed E-state index contributed by atoms with van der Waals surface area (Å²) in [5.41, 5.74) is 1.54. The van der Waals surface area contributed by atoms with E-state index in [2.05, 4.69) is 16.6 Å². The van der Waals surface area contributed by atoms with Crippen molar-refractivity contribution in [1.29, 1.82) is 0 Å². The summed E-state index contributed by atoms with van der Waals surface area (Å²) in [5.74, 6) is 4.94. The summed E-state index contributed by atoms with van der Waals surface area (Å²) in [4.78, 5) is 0.243. The van der Waals surface area contributed by atoms with Crippen molar-refractivity contribution < 1.29 is 17.5 Å². The Labute approximate surface area is 141 Å². The number of sulfonamides is 1. The molecule has 0 aliphatic carbocycles. The van der Waals surface area contributed by atoms with Crippen molar-refractivity contribution >= 4 is 10.0 Å². The molecule has 126 valence electrons. The lowest BCUT2D eigenvalue weighted by Crippen LogP contribution is -2.25. The number of hydrogen-bond acceptors (Lipinski definition) is 3. The number of aryl methyl sites for hydroxylation is 2. The van der Waals surface area contributed by atoms with Crippen LogP contribution >= 0.6 is 0 Å². The van der Waals surface area contributed by atoms with Crippen molar-refractivity contribution in [2.75, 3.05) is 13.2 Å². The van der Waals surface area contributed by atoms with Gasteiger partial charge in [-0.1, -0.05) is 36.1 Å². The number of nitrogens with one attached hydrogen (secondary N) is 1. The molecular weight excluding hydrogens is 329 g/mol. The summed E-state index contributed by atoms with van der Waals surface area (Å²) in [7, 11) is -3.61. The van der Waals surface area contributed by atoms with E-state index in [9.17, 15) is 12.8 Å². The predicted octanol–water partition coefficient (Wildman–Crippen LogP) is 2.80. The highest BCUT2D eigenvalue weighted by Gasteiger charge is 2.15. The second-order valence-corrected chi connectivity index (χ2v) is 6.90. The average molecular weight is 347 g/mol. The minimum atomic E-state index is -3.61. The molecule has 0 amide bonds. The average Bonchev–Trinajstić information content (AvgIpc) is 2.54. The van der Waals surface area contributed by atoms with Crippen molar-refractivity contribution in [3.05, 3.63) is 59.4 Å². The summed E-state index contributed by atoms with van der Waals surface area (Å²) in [6.45, 7) is 3.50. The highest BCUT2D eigenvalue weighted by molar-refractivity contribution is 7.89. The second-order valence-electron chi connectivity index (χ2n) is 5.17. The van der Waals surface area contributed by atoms with Gasteiger partial charge in [0.05, 0.1) is 11.4 Å². The SMILES string of the molecule is Cc1ccc(C)c(S(=O)(=O)NCC#CCOc2ccccc2F)c1. The maximum atomic E-state index is 13.3. The summed E-state index contributed by atoms with van der Waals surface area (Å²) >= 11 is 0. The van der Waals surface area contributed by atoms with Crippen molar-refractivity contribution in [2.24, 2.45) is 0 Å². The van der Waals surface area contributed by atoms with Gasteiger partial charge in [0.15, 0.2) is 11.6 Å². The molecule has 0 heterocycles. The van der Waals surface area contributed by atoms with E-state index in [-0.39, 0.29) is 23.8 Å². The second kappa shape index (κ2) is 7.95. The lowest BCUT2D eigenvalue weighted by molar-refractivity contribution is 0.348. The molecule has 0 fully saturated rings. The van der Waals surface area contributed by atoms with Gasteiger partial charge in [-0.3, -0.25) is 0 Å². The number of para-hydroxylation sites is 1. The number of rotatable bonds is 5. The summed E-state index contributed by atoms with van der Waals surface area (Å²) < 4.78 is 45.4. The van der Waals surface area contributed by atoms with Gasteiger partial charge in [-0.25, -0.2) is 12.8 Å². The van der Waals surface area contributed by atoms with E-state index < -0.39 is 15.8 Å². The maximum Gasteiger partial charge on any atom is 0.241 e. The molecule has 0 saturated carbocycles. The minimum Gasteiger partial charge on any atom is -0.478 e. The van der Waals surface area contributed by atoms with Gasteiger partial charge < -0.3 is 4.74 Å². The molecule has 2 aromatic carbocycles. The molecule has 0 aliphatic heterocycles. The fourth-order valence-corrected chi connectivity index (χ4v) is 3.25. The van der Waals surface area contributed by atoms with Crippen LogP contribution in [-0.4, -0.2) is 21.6 Å². The lowest BCUT2D eigenvalue weighted by atomic mass is 10.2. The zero-order chi connectivity index (χ0) is 17.6. The van der Waals surface area contributed by atoms with Gasteiger partial charge in [0, 0.05) is 0 Å². The van der Waals surface area contributed by atoms with Gasteiger partial charge >= 0.3 is 0 Å². The highest BCUT2D eigenvalue weighted by Crippen LogP contribution is 2.16. The number of ether oxygens (including phenoxy) is 1. The van der Waals surface area contributed by atoms with Crippen LogP contribution in [0.15, 0.2) is 47.4 Å². The Balaban J connectivity index is 1.90. The molecule has 0 unspecified atom stereocenters. The Hall–Kier alpha value is -2.36. The van der Waals surface area contributed by atoms with Gasteiger partial charge in [-0.05, 0) is 43.2 Å². The van der Waals surface area contributed by atoms with Crippen LogP contribution in [0.25, 0.3) is 0 Å². The van der Waals surface area contributed by atoms with E-state index in [1.807, 2.05) is 13.0 Å². The Morgan fingerprint density at radius 3 is 2.62 bits per heavy atom. The lowest BCUT2D eigenvalue weighted by Gasteiger charge is -2.08. The Bertz CT molecular complexity index is 883. The minimum absolute atomic E-state index is 0.0217. The quantitative estimate of drug-likeness (QED) is 0.846. The molecule has 4 nitrogen and oxygen atoms in total. The first-order valence-corrected chi connectivity index (χ1v) is 8.78. The summed E-state index contributed by atoms with van der Waals surface area (Å²) in [6, 6.07) is 11.2. The largest absolute Gasteiger partial charge is 0.478 e. The molecule has 1 N–H and O–H groups in total. The first-order chi connectivity index (χ1) is 11.4. The zero-order valence-corrected chi connectivity index (χ0v) is 14.3. The molecule has 0 bridgehead atoms. The maximum absolute atomic E-state index is 13.3. The Kier molecular flexibility index (Phi) is 5.96. The van der Waals surface area contributed by atoms with Crippen LogP contribution in [0.5, 0.6) is 5.75 Å². The van der Waals surface area contributed by atoms with Crippen molar-refractivity contribution in [3.8, 4) is 17.6 Å². The van der Waals surface area contributed by atoms with Crippen LogP contribution in [0.1, 0.15) is 11.1 Å². The molecule has 2 aromatic rings. The van der Waals surface area contributed by atoms with E-state index in [4.69, 9.17) is 4.74 Å². The molecule has 0 radical (unpaired) electrons. The normalized spacial score (nSPS) is 10.8. The van der Waals surface area contributed by atoms with Crippen molar-refractivity contribution in [1.82, 2.24) is 4.72 Å². The molecule has 0 atom stereocenters. The standard InChI is InChI=1S/C18H18FNO3S/c1-14-9-10-15(2)18(13-14)24(21,22)20-11-5-6-12-23-17-8-4-3-7-16(17)19/h3-4,7-10,13,20H,11-12H2,1-2H3. The molecular formula is C18H18FNO3S. The Morgan fingerprint density at radius 2 is 1.88 bits per heavy atom. The van der Waals surface area contributed by atoms with Gasteiger partial charge in [0.2, 0.25) is 10.0 Å². The summed E-state index contributed by atoms with van der Waals surface area (Å²) in [6.07, 6.45) is 0. The van der Waals surface area contributed by atoms with E-state index in [0.29, 0.717) is 5.56 Å². The fraction of sp³-hybridized carbons (Fsp3) is 0.222. The van der Waals surface area contributed by atoms with E-state index in [0.717, 1.165) is 5.56 Å². The van der Waals surface area contributed by atoms with E-state index >= 15 is 0 Å². The predicted molar refractivity (Wildman–Crippen MR) is 90.8 cm³/mol. The van der Waals surface area contributed by atoms with E-state index in [1.165, 1.54) is 12.1 Å². The molecule has 0 saturated heterocycles. The van der Waals surface area contributed by atoms with Crippen molar-refractivity contribution in [3.63, 3.8) is 0 Å². The fourth-order valence-electron chi connectivity index (χ4n) is 1.99. The molecule has 0 aromatic heterocycles. The van der Waals surface area contributed by atoms with Crippen LogP contribution in [0.3, 0.4) is 0 Å². The van der Waals surface area contributed by atoms with Crippen LogP contribution < -0.4 is 9.46 Å². The van der Waals surface area contributed by atoms with Crippen LogP contribution in [-0.2, 0) is 10.0 Å². The molecule has 2 rings (SSSR count). The molecule has 6 heteroatoms. The van der Waals surface area contributed by atoms with E-state index in [1.54, 1.807) is 31.2 Å². The zero-order valence-electron chi connectivity index (χ0n) is 13.5. The van der Waals surface area contributed by atoms with Crippen LogP contribution in [0, 0.1) is 31.5 Å². The number of halogens is 1. The first kappa shape index (κ1) is 18.0. The molecule has 0 aliphatic rings. The van der Waals surface area contributed by atoms with Crippen molar-refractivity contribution in [2.45, 2.75) is 18.7 Å². The number of benzene rings is 2. The van der Waals surface area contributed by atoms with Gasteiger partial charge in [0.1, 0.15) is 6.61 Å². The van der Waals surface area contributed by atoms with Crippen LogP contribution in [0.2, 0.25) is 0 Å².